The Balaban J connectivity index is 3.70. The largest absolute Gasteiger partial charge is 0.409 e. The molecular formula is C13H29N3O2. The topological polar surface area (TPSA) is 82.1 Å². The van der Waals surface area contributed by atoms with Crippen molar-refractivity contribution in [3.8, 4) is 0 Å². The average molecular weight is 259 g/mol. The van der Waals surface area contributed by atoms with Gasteiger partial charge in [-0.25, -0.2) is 0 Å². The van der Waals surface area contributed by atoms with Crippen LogP contribution in [0.5, 0.6) is 0 Å². The van der Waals surface area contributed by atoms with Gasteiger partial charge in [-0.3, -0.25) is 0 Å². The Morgan fingerprint density at radius 3 is 2.33 bits per heavy atom. The van der Waals surface area contributed by atoms with E-state index in [9.17, 15) is 0 Å². The first-order chi connectivity index (χ1) is 8.44. The second kappa shape index (κ2) is 9.16. The highest BCUT2D eigenvalue weighted by Crippen LogP contribution is 2.22. The fourth-order valence-electron chi connectivity index (χ4n) is 1.84. The fourth-order valence-corrected chi connectivity index (χ4v) is 1.84. The van der Waals surface area contributed by atoms with Crippen LogP contribution < -0.4 is 5.73 Å². The summed E-state index contributed by atoms with van der Waals surface area (Å²) in [5.41, 5.74) is 5.40. The van der Waals surface area contributed by atoms with Gasteiger partial charge < -0.3 is 20.9 Å². The summed E-state index contributed by atoms with van der Waals surface area (Å²) in [6.45, 7) is 6.34. The zero-order chi connectivity index (χ0) is 14.0. The van der Waals surface area contributed by atoms with E-state index in [0.717, 1.165) is 45.2 Å². The van der Waals surface area contributed by atoms with Crippen LogP contribution >= 0.6 is 0 Å². The summed E-state index contributed by atoms with van der Waals surface area (Å²) in [6, 6.07) is 0. The number of hydrogen-bond acceptors (Lipinski definition) is 4. The predicted molar refractivity (Wildman–Crippen MR) is 74.9 cm³/mol. The SMILES string of the molecule is CN(CCCCCO)CCCC(C)(C)C(N)=NO. The second-order valence-electron chi connectivity index (χ2n) is 5.56. The molecule has 108 valence electrons. The highest BCUT2D eigenvalue weighted by Gasteiger charge is 2.22. The maximum absolute atomic E-state index is 8.68. The third-order valence-electron chi connectivity index (χ3n) is 3.34. The lowest BCUT2D eigenvalue weighted by molar-refractivity contribution is 0.267. The van der Waals surface area contributed by atoms with Gasteiger partial charge in [0.1, 0.15) is 5.84 Å². The number of nitrogens with two attached hydrogens (primary N) is 1. The number of aliphatic hydroxyl groups is 1. The standard InChI is InChI=1S/C13H29N3O2/c1-13(2,12(14)15-18)8-7-10-16(3)9-5-4-6-11-17/h17-18H,4-11H2,1-3H3,(H2,14,15). The van der Waals surface area contributed by atoms with Crippen LogP contribution in [0.15, 0.2) is 5.16 Å². The van der Waals surface area contributed by atoms with Gasteiger partial charge >= 0.3 is 0 Å². The van der Waals surface area contributed by atoms with Crippen molar-refractivity contribution in [2.24, 2.45) is 16.3 Å². The van der Waals surface area contributed by atoms with Crippen molar-refractivity contribution < 1.29 is 10.3 Å². The molecule has 0 spiro atoms. The van der Waals surface area contributed by atoms with E-state index in [-0.39, 0.29) is 12.0 Å². The zero-order valence-corrected chi connectivity index (χ0v) is 12.0. The molecule has 0 aromatic rings. The predicted octanol–water partition coefficient (Wildman–Crippen LogP) is 1.63. The molecule has 0 saturated heterocycles. The molecular weight excluding hydrogens is 230 g/mol. The van der Waals surface area contributed by atoms with Crippen LogP contribution in [0.4, 0.5) is 0 Å². The number of amidine groups is 1. The van der Waals surface area contributed by atoms with E-state index in [0.29, 0.717) is 5.84 Å². The average Bonchev–Trinajstić information content (AvgIpc) is 2.33. The Kier molecular flexibility index (Phi) is 8.75. The first-order valence-corrected chi connectivity index (χ1v) is 6.71. The van der Waals surface area contributed by atoms with E-state index >= 15 is 0 Å². The number of oxime groups is 1. The van der Waals surface area contributed by atoms with Crippen LogP contribution in [0.25, 0.3) is 0 Å². The third-order valence-corrected chi connectivity index (χ3v) is 3.34. The number of aliphatic hydroxyl groups excluding tert-OH is 1. The molecule has 0 amide bonds. The van der Waals surface area contributed by atoms with Crippen molar-refractivity contribution in [3.05, 3.63) is 0 Å². The Hall–Kier alpha value is -0.810. The lowest BCUT2D eigenvalue weighted by Gasteiger charge is -2.24. The molecule has 5 heteroatoms. The van der Waals surface area contributed by atoms with Gasteiger partial charge in [0.25, 0.3) is 0 Å². The Morgan fingerprint density at radius 2 is 1.78 bits per heavy atom. The van der Waals surface area contributed by atoms with Gasteiger partial charge in [-0.2, -0.15) is 0 Å². The van der Waals surface area contributed by atoms with Crippen LogP contribution in [-0.2, 0) is 0 Å². The summed E-state index contributed by atoms with van der Waals surface area (Å²) >= 11 is 0. The number of hydrogen-bond donors (Lipinski definition) is 3. The van der Waals surface area contributed by atoms with Gasteiger partial charge in [0.15, 0.2) is 0 Å². The van der Waals surface area contributed by atoms with Crippen molar-refractivity contribution in [1.82, 2.24) is 4.90 Å². The third kappa shape index (κ3) is 7.50. The summed E-state index contributed by atoms with van der Waals surface area (Å²) in [4.78, 5) is 2.29. The van der Waals surface area contributed by atoms with Crippen LogP contribution in [0, 0.1) is 5.41 Å². The van der Waals surface area contributed by atoms with Crippen molar-refractivity contribution in [2.75, 3.05) is 26.7 Å². The molecule has 0 saturated carbocycles. The smallest absolute Gasteiger partial charge is 0.144 e. The van der Waals surface area contributed by atoms with Crippen molar-refractivity contribution in [1.29, 1.82) is 0 Å². The van der Waals surface area contributed by atoms with Crippen LogP contribution in [0.2, 0.25) is 0 Å². The lowest BCUT2D eigenvalue weighted by atomic mass is 9.86. The minimum Gasteiger partial charge on any atom is -0.409 e. The molecule has 0 unspecified atom stereocenters. The molecule has 0 aliphatic heterocycles. The van der Waals surface area contributed by atoms with Gasteiger partial charge in [0, 0.05) is 12.0 Å². The number of rotatable bonds is 10. The van der Waals surface area contributed by atoms with E-state index < -0.39 is 0 Å². The molecule has 0 aromatic carbocycles. The maximum Gasteiger partial charge on any atom is 0.144 e. The molecule has 0 rings (SSSR count). The van der Waals surface area contributed by atoms with Gasteiger partial charge in [0.2, 0.25) is 0 Å². The van der Waals surface area contributed by atoms with Crippen molar-refractivity contribution >= 4 is 5.84 Å². The molecule has 18 heavy (non-hydrogen) atoms. The normalized spacial score (nSPS) is 13.3. The minimum absolute atomic E-state index is 0.244. The lowest BCUT2D eigenvalue weighted by Crippen LogP contribution is -2.33. The summed E-state index contributed by atoms with van der Waals surface area (Å²) in [6.07, 6.45) is 5.03. The highest BCUT2D eigenvalue weighted by atomic mass is 16.4. The molecule has 0 aromatic heterocycles. The molecule has 4 N–H and O–H groups in total. The van der Waals surface area contributed by atoms with Crippen LogP contribution in [-0.4, -0.2) is 47.8 Å². The molecule has 0 aliphatic carbocycles. The van der Waals surface area contributed by atoms with E-state index in [1.807, 2.05) is 13.8 Å². The zero-order valence-electron chi connectivity index (χ0n) is 12.0. The fraction of sp³-hybridized carbons (Fsp3) is 0.923. The highest BCUT2D eigenvalue weighted by molar-refractivity contribution is 5.85. The van der Waals surface area contributed by atoms with Crippen LogP contribution in [0.1, 0.15) is 46.0 Å². The Bertz CT molecular complexity index is 242. The summed E-state index contributed by atoms with van der Waals surface area (Å²) < 4.78 is 0. The van der Waals surface area contributed by atoms with Gasteiger partial charge in [-0.1, -0.05) is 19.0 Å². The summed E-state index contributed by atoms with van der Waals surface area (Å²) in [5.74, 6) is 0.299. The van der Waals surface area contributed by atoms with E-state index in [1.54, 1.807) is 0 Å². The monoisotopic (exact) mass is 259 g/mol. The molecule has 0 bridgehead atoms. The Morgan fingerprint density at radius 1 is 1.17 bits per heavy atom. The molecule has 5 nitrogen and oxygen atoms in total. The molecule has 0 heterocycles. The summed E-state index contributed by atoms with van der Waals surface area (Å²) in [5, 5.41) is 20.4. The Labute approximate surface area is 111 Å². The molecule has 0 fully saturated rings. The van der Waals surface area contributed by atoms with Crippen molar-refractivity contribution in [2.45, 2.75) is 46.0 Å². The first-order valence-electron chi connectivity index (χ1n) is 6.71. The number of nitrogens with zero attached hydrogens (tertiary/aromatic N) is 2. The van der Waals surface area contributed by atoms with Gasteiger partial charge in [-0.15, -0.1) is 0 Å². The summed E-state index contributed by atoms with van der Waals surface area (Å²) in [7, 11) is 2.11. The quantitative estimate of drug-likeness (QED) is 0.183. The number of unbranched alkanes of at least 4 members (excludes halogenated alkanes) is 2. The molecule has 0 radical (unpaired) electrons. The second-order valence-corrected chi connectivity index (χ2v) is 5.56. The first kappa shape index (κ1) is 17.2. The van der Waals surface area contributed by atoms with Gasteiger partial charge in [0.05, 0.1) is 0 Å². The van der Waals surface area contributed by atoms with Crippen molar-refractivity contribution in [3.63, 3.8) is 0 Å². The van der Waals surface area contributed by atoms with Gasteiger partial charge in [-0.05, 0) is 52.2 Å². The van der Waals surface area contributed by atoms with E-state index in [2.05, 4.69) is 17.1 Å². The van der Waals surface area contributed by atoms with Crippen LogP contribution in [0.3, 0.4) is 0 Å². The van der Waals surface area contributed by atoms with E-state index in [4.69, 9.17) is 16.0 Å². The van der Waals surface area contributed by atoms with E-state index in [1.165, 1.54) is 0 Å². The maximum atomic E-state index is 8.68. The molecule has 0 aliphatic rings. The minimum atomic E-state index is -0.244. The molecule has 0 atom stereocenters.